The average molecular weight is 337 g/mol. The number of nitrogens with zero attached hydrogens (tertiary/aromatic N) is 1. The summed E-state index contributed by atoms with van der Waals surface area (Å²) in [6.07, 6.45) is 4.22. The number of benzene rings is 2. The molecule has 1 fully saturated rings. The third-order valence-corrected chi connectivity index (χ3v) is 4.31. The van der Waals surface area contributed by atoms with E-state index >= 15 is 0 Å². The van der Waals surface area contributed by atoms with Crippen molar-refractivity contribution in [1.82, 2.24) is 0 Å². The molecule has 0 radical (unpaired) electrons. The van der Waals surface area contributed by atoms with Gasteiger partial charge in [-0.1, -0.05) is 48.0 Å². The van der Waals surface area contributed by atoms with Gasteiger partial charge in [-0.25, -0.2) is 4.79 Å². The van der Waals surface area contributed by atoms with Crippen LogP contribution in [-0.4, -0.2) is 38.9 Å². The SMILES string of the molecule is COC(=O)c1cccc(N2CCOC(/C=C/c3ccc(C)cc3)C2)c1. The van der Waals surface area contributed by atoms with Crippen LogP contribution in [0, 0.1) is 6.92 Å². The van der Waals surface area contributed by atoms with E-state index in [-0.39, 0.29) is 12.1 Å². The number of morpholine rings is 1. The van der Waals surface area contributed by atoms with Gasteiger partial charge < -0.3 is 14.4 Å². The van der Waals surface area contributed by atoms with Gasteiger partial charge >= 0.3 is 5.97 Å². The lowest BCUT2D eigenvalue weighted by atomic mass is 10.1. The van der Waals surface area contributed by atoms with Gasteiger partial charge in [0.15, 0.2) is 0 Å². The summed E-state index contributed by atoms with van der Waals surface area (Å²) in [7, 11) is 1.40. The van der Waals surface area contributed by atoms with Crippen LogP contribution in [0.15, 0.2) is 54.6 Å². The van der Waals surface area contributed by atoms with Gasteiger partial charge in [-0.15, -0.1) is 0 Å². The summed E-state index contributed by atoms with van der Waals surface area (Å²) in [5.41, 5.74) is 4.00. The summed E-state index contributed by atoms with van der Waals surface area (Å²) in [6.45, 7) is 4.30. The van der Waals surface area contributed by atoms with Crippen molar-refractivity contribution in [3.63, 3.8) is 0 Å². The van der Waals surface area contributed by atoms with E-state index < -0.39 is 0 Å². The molecule has 4 heteroatoms. The zero-order chi connectivity index (χ0) is 17.6. The van der Waals surface area contributed by atoms with Crippen LogP contribution in [0.4, 0.5) is 5.69 Å². The zero-order valence-corrected chi connectivity index (χ0v) is 14.6. The molecule has 1 atom stereocenters. The number of rotatable bonds is 4. The van der Waals surface area contributed by atoms with Crippen molar-refractivity contribution in [2.24, 2.45) is 0 Å². The van der Waals surface area contributed by atoms with E-state index in [1.54, 1.807) is 6.07 Å². The highest BCUT2D eigenvalue weighted by Crippen LogP contribution is 2.20. The van der Waals surface area contributed by atoms with Gasteiger partial charge in [-0.2, -0.15) is 0 Å². The number of aryl methyl sites for hydroxylation is 1. The summed E-state index contributed by atoms with van der Waals surface area (Å²) >= 11 is 0. The molecule has 130 valence electrons. The smallest absolute Gasteiger partial charge is 0.337 e. The minimum Gasteiger partial charge on any atom is -0.465 e. The number of methoxy groups -OCH3 is 1. The Bertz CT molecular complexity index is 752. The number of hydrogen-bond donors (Lipinski definition) is 0. The highest BCUT2D eigenvalue weighted by molar-refractivity contribution is 5.90. The fourth-order valence-electron chi connectivity index (χ4n) is 2.87. The van der Waals surface area contributed by atoms with E-state index in [9.17, 15) is 4.79 Å². The molecule has 1 unspecified atom stereocenters. The summed E-state index contributed by atoms with van der Waals surface area (Å²) in [6, 6.07) is 16.0. The van der Waals surface area contributed by atoms with Crippen LogP contribution in [0.5, 0.6) is 0 Å². The van der Waals surface area contributed by atoms with Crippen molar-refractivity contribution in [2.75, 3.05) is 31.7 Å². The number of esters is 1. The minimum absolute atomic E-state index is 0.0248. The Morgan fingerprint density at radius 3 is 2.80 bits per heavy atom. The molecule has 2 aromatic carbocycles. The average Bonchev–Trinajstić information content (AvgIpc) is 2.67. The van der Waals surface area contributed by atoms with Crippen LogP contribution in [0.3, 0.4) is 0 Å². The van der Waals surface area contributed by atoms with Gasteiger partial charge in [0.2, 0.25) is 0 Å². The van der Waals surface area contributed by atoms with Gasteiger partial charge in [-0.3, -0.25) is 0 Å². The number of anilines is 1. The maximum atomic E-state index is 11.7. The second-order valence-electron chi connectivity index (χ2n) is 6.17. The van der Waals surface area contributed by atoms with Crippen LogP contribution < -0.4 is 4.90 Å². The predicted octanol–water partition coefficient (Wildman–Crippen LogP) is 3.70. The first-order valence-electron chi connectivity index (χ1n) is 8.45. The van der Waals surface area contributed by atoms with Crippen molar-refractivity contribution >= 4 is 17.7 Å². The molecule has 4 nitrogen and oxygen atoms in total. The Morgan fingerprint density at radius 2 is 2.04 bits per heavy atom. The maximum absolute atomic E-state index is 11.7. The third-order valence-electron chi connectivity index (χ3n) is 4.31. The second kappa shape index (κ2) is 7.99. The van der Waals surface area contributed by atoms with Gasteiger partial charge in [0.1, 0.15) is 0 Å². The van der Waals surface area contributed by atoms with Crippen molar-refractivity contribution in [3.05, 3.63) is 71.3 Å². The van der Waals surface area contributed by atoms with Crippen LogP contribution in [0.25, 0.3) is 6.08 Å². The molecule has 1 aliphatic rings. The first-order chi connectivity index (χ1) is 12.2. The fourth-order valence-corrected chi connectivity index (χ4v) is 2.87. The largest absolute Gasteiger partial charge is 0.465 e. The van der Waals surface area contributed by atoms with E-state index in [4.69, 9.17) is 9.47 Å². The molecule has 1 aliphatic heterocycles. The van der Waals surface area contributed by atoms with Gasteiger partial charge in [0, 0.05) is 18.8 Å². The number of carbonyl (C=O) groups is 1. The van der Waals surface area contributed by atoms with E-state index in [2.05, 4.69) is 48.2 Å². The Hall–Kier alpha value is -2.59. The van der Waals surface area contributed by atoms with E-state index in [0.717, 1.165) is 18.8 Å². The quantitative estimate of drug-likeness (QED) is 0.798. The zero-order valence-electron chi connectivity index (χ0n) is 14.6. The van der Waals surface area contributed by atoms with Crippen LogP contribution in [0.1, 0.15) is 21.5 Å². The maximum Gasteiger partial charge on any atom is 0.337 e. The molecule has 3 rings (SSSR count). The number of carbonyl (C=O) groups excluding carboxylic acids is 1. The highest BCUT2D eigenvalue weighted by Gasteiger charge is 2.19. The lowest BCUT2D eigenvalue weighted by Gasteiger charge is -2.33. The molecule has 0 aliphatic carbocycles. The Morgan fingerprint density at radius 1 is 1.24 bits per heavy atom. The molecule has 2 aromatic rings. The molecule has 25 heavy (non-hydrogen) atoms. The molecule has 0 N–H and O–H groups in total. The lowest BCUT2D eigenvalue weighted by Crippen LogP contribution is -2.41. The Labute approximate surface area is 148 Å². The Balaban J connectivity index is 1.68. The third kappa shape index (κ3) is 4.48. The lowest BCUT2D eigenvalue weighted by molar-refractivity contribution is 0.0600. The van der Waals surface area contributed by atoms with Gasteiger partial charge in [-0.05, 0) is 30.7 Å². The van der Waals surface area contributed by atoms with Gasteiger partial charge in [0.05, 0.1) is 25.4 Å². The minimum atomic E-state index is -0.314. The highest BCUT2D eigenvalue weighted by atomic mass is 16.5. The standard InChI is InChI=1S/C21H23NO3/c1-16-6-8-17(9-7-16)10-11-20-15-22(12-13-25-20)19-5-3-4-18(14-19)21(23)24-2/h3-11,14,20H,12-13,15H2,1-2H3/b11-10+. The summed E-state index contributed by atoms with van der Waals surface area (Å²) in [5.74, 6) is -0.314. The summed E-state index contributed by atoms with van der Waals surface area (Å²) < 4.78 is 10.7. The normalized spacial score (nSPS) is 17.7. The van der Waals surface area contributed by atoms with Crippen molar-refractivity contribution in [1.29, 1.82) is 0 Å². The van der Waals surface area contributed by atoms with Crippen molar-refractivity contribution in [2.45, 2.75) is 13.0 Å². The van der Waals surface area contributed by atoms with E-state index in [1.807, 2.05) is 18.2 Å². The van der Waals surface area contributed by atoms with Gasteiger partial charge in [0.25, 0.3) is 0 Å². The molecule has 0 aromatic heterocycles. The van der Waals surface area contributed by atoms with Crippen LogP contribution >= 0.6 is 0 Å². The summed E-state index contributed by atoms with van der Waals surface area (Å²) in [5, 5.41) is 0. The van der Waals surface area contributed by atoms with Crippen LogP contribution in [-0.2, 0) is 9.47 Å². The molecular formula is C21H23NO3. The number of ether oxygens (including phenoxy) is 2. The molecule has 1 saturated heterocycles. The monoisotopic (exact) mass is 337 g/mol. The van der Waals surface area contributed by atoms with Crippen molar-refractivity contribution < 1.29 is 14.3 Å². The predicted molar refractivity (Wildman–Crippen MR) is 99.9 cm³/mol. The topological polar surface area (TPSA) is 38.8 Å². The Kier molecular flexibility index (Phi) is 5.51. The first-order valence-corrected chi connectivity index (χ1v) is 8.45. The first kappa shape index (κ1) is 17.2. The van der Waals surface area contributed by atoms with E-state index in [0.29, 0.717) is 12.2 Å². The molecular weight excluding hydrogens is 314 g/mol. The fraction of sp³-hybridized carbons (Fsp3) is 0.286. The number of hydrogen-bond acceptors (Lipinski definition) is 4. The molecule has 0 bridgehead atoms. The van der Waals surface area contributed by atoms with Crippen molar-refractivity contribution in [3.8, 4) is 0 Å². The molecule has 0 saturated carbocycles. The van der Waals surface area contributed by atoms with E-state index in [1.165, 1.54) is 18.2 Å². The summed E-state index contributed by atoms with van der Waals surface area (Å²) in [4.78, 5) is 14.0. The molecule has 1 heterocycles. The molecule has 0 amide bonds. The van der Waals surface area contributed by atoms with Crippen LogP contribution in [0.2, 0.25) is 0 Å². The second-order valence-corrected chi connectivity index (χ2v) is 6.17. The molecule has 0 spiro atoms.